The zero-order chi connectivity index (χ0) is 12.5. The minimum atomic E-state index is 0. The summed E-state index contributed by atoms with van der Waals surface area (Å²) in [6.07, 6.45) is 5.10. The zero-order valence-corrected chi connectivity index (χ0v) is 12.6. The molecule has 2 N–H and O–H groups in total. The Labute approximate surface area is 123 Å². The van der Waals surface area contributed by atoms with Crippen LogP contribution in [0.15, 0.2) is 24.5 Å². The van der Waals surface area contributed by atoms with Crippen molar-refractivity contribution in [3.8, 4) is 10.4 Å². The van der Waals surface area contributed by atoms with Gasteiger partial charge in [-0.15, -0.1) is 23.7 Å². The van der Waals surface area contributed by atoms with E-state index in [1.165, 1.54) is 15.3 Å². The first-order valence-corrected chi connectivity index (χ1v) is 7.08. The molecule has 1 atom stereocenters. The molecule has 1 fully saturated rings. The Hall–Kier alpha value is -0.880. The van der Waals surface area contributed by atoms with Crippen LogP contribution in [0.5, 0.6) is 0 Å². The summed E-state index contributed by atoms with van der Waals surface area (Å²) >= 11 is 1.85. The average Bonchev–Trinajstić information content (AvgIpc) is 3.01. The number of rotatable bonds is 3. The number of nitrogens with zero attached hydrogens (tertiary/aromatic N) is 3. The summed E-state index contributed by atoms with van der Waals surface area (Å²) in [6, 6.07) is 4.77. The number of thiophene rings is 1. The number of aryl methyl sites for hydroxylation is 1. The molecule has 19 heavy (non-hydrogen) atoms. The summed E-state index contributed by atoms with van der Waals surface area (Å²) in [6.45, 7) is 3.18. The highest BCUT2D eigenvalue weighted by Crippen LogP contribution is 2.28. The second-order valence-electron chi connectivity index (χ2n) is 4.95. The van der Waals surface area contributed by atoms with Gasteiger partial charge in [0.05, 0.1) is 6.20 Å². The maximum absolute atomic E-state index is 5.93. The SMILES string of the molecule is Cl.Cn1cc(-c2ccc(CN3CCC(N)C3)s2)cn1. The van der Waals surface area contributed by atoms with Crippen molar-refractivity contribution < 1.29 is 0 Å². The monoisotopic (exact) mass is 298 g/mol. The highest BCUT2D eigenvalue weighted by Gasteiger charge is 2.19. The lowest BCUT2D eigenvalue weighted by molar-refractivity contribution is 0.330. The summed E-state index contributed by atoms with van der Waals surface area (Å²) in [5, 5.41) is 4.21. The second kappa shape index (κ2) is 6.05. The van der Waals surface area contributed by atoms with E-state index in [0.717, 1.165) is 26.1 Å². The molecule has 0 bridgehead atoms. The Morgan fingerprint density at radius 1 is 1.47 bits per heavy atom. The van der Waals surface area contributed by atoms with Crippen LogP contribution >= 0.6 is 23.7 Å². The van der Waals surface area contributed by atoms with E-state index >= 15 is 0 Å². The van der Waals surface area contributed by atoms with Crippen LogP contribution in [0.4, 0.5) is 0 Å². The number of hydrogen-bond acceptors (Lipinski definition) is 4. The van der Waals surface area contributed by atoms with Crippen LogP contribution in [0.2, 0.25) is 0 Å². The lowest BCUT2D eigenvalue weighted by atomic mass is 10.3. The first-order chi connectivity index (χ1) is 8.70. The fraction of sp³-hybridized carbons (Fsp3) is 0.462. The third kappa shape index (κ3) is 3.36. The first kappa shape index (κ1) is 14.5. The molecular formula is C13H19ClN4S. The van der Waals surface area contributed by atoms with Crippen LogP contribution < -0.4 is 5.73 Å². The standard InChI is InChI=1S/C13H18N4S.ClH/c1-16-7-10(6-15-16)13-3-2-12(18-13)9-17-5-4-11(14)8-17;/h2-3,6-7,11H,4-5,8-9,14H2,1H3;1H. The summed E-state index contributed by atoms with van der Waals surface area (Å²) < 4.78 is 1.84. The number of aromatic nitrogens is 2. The predicted molar refractivity (Wildman–Crippen MR) is 81.6 cm³/mol. The fourth-order valence-corrected chi connectivity index (χ4v) is 3.42. The van der Waals surface area contributed by atoms with Crippen molar-refractivity contribution in [1.82, 2.24) is 14.7 Å². The molecule has 3 rings (SSSR count). The molecule has 2 aromatic heterocycles. The molecule has 1 unspecified atom stereocenters. The van der Waals surface area contributed by atoms with Crippen molar-refractivity contribution in [2.75, 3.05) is 13.1 Å². The van der Waals surface area contributed by atoms with Gasteiger partial charge in [0.2, 0.25) is 0 Å². The second-order valence-corrected chi connectivity index (χ2v) is 6.12. The Bertz CT molecular complexity index is 536. The minimum Gasteiger partial charge on any atom is -0.326 e. The van der Waals surface area contributed by atoms with E-state index in [-0.39, 0.29) is 12.4 Å². The lowest BCUT2D eigenvalue weighted by Gasteiger charge is -2.13. The maximum atomic E-state index is 5.93. The maximum Gasteiger partial charge on any atom is 0.0576 e. The van der Waals surface area contributed by atoms with E-state index in [0.29, 0.717) is 6.04 Å². The largest absolute Gasteiger partial charge is 0.326 e. The van der Waals surface area contributed by atoms with Gasteiger partial charge in [-0.2, -0.15) is 5.10 Å². The predicted octanol–water partition coefficient (Wildman–Crippen LogP) is 2.10. The van der Waals surface area contributed by atoms with Gasteiger partial charge in [-0.1, -0.05) is 0 Å². The van der Waals surface area contributed by atoms with Crippen LogP contribution in [0.3, 0.4) is 0 Å². The van der Waals surface area contributed by atoms with Crippen LogP contribution in [0.1, 0.15) is 11.3 Å². The lowest BCUT2D eigenvalue weighted by Crippen LogP contribution is -2.25. The van der Waals surface area contributed by atoms with Gasteiger partial charge in [-0.05, 0) is 18.6 Å². The highest BCUT2D eigenvalue weighted by molar-refractivity contribution is 7.15. The number of hydrogen-bond donors (Lipinski definition) is 1. The Kier molecular flexibility index (Phi) is 4.62. The molecule has 3 heterocycles. The molecule has 0 radical (unpaired) electrons. The summed E-state index contributed by atoms with van der Waals surface area (Å²) in [7, 11) is 1.95. The van der Waals surface area contributed by atoms with Crippen LogP contribution in [-0.4, -0.2) is 33.8 Å². The third-order valence-electron chi connectivity index (χ3n) is 3.34. The number of nitrogens with two attached hydrogens (primary N) is 1. The molecule has 1 saturated heterocycles. The zero-order valence-electron chi connectivity index (χ0n) is 11.0. The summed E-state index contributed by atoms with van der Waals surface area (Å²) in [4.78, 5) is 5.13. The van der Waals surface area contributed by atoms with Crippen LogP contribution in [0, 0.1) is 0 Å². The van der Waals surface area contributed by atoms with Gasteiger partial charge in [-0.3, -0.25) is 9.58 Å². The highest BCUT2D eigenvalue weighted by atomic mass is 35.5. The molecule has 1 aliphatic heterocycles. The minimum absolute atomic E-state index is 0. The molecule has 0 spiro atoms. The average molecular weight is 299 g/mol. The Morgan fingerprint density at radius 3 is 2.95 bits per heavy atom. The van der Waals surface area contributed by atoms with E-state index < -0.39 is 0 Å². The molecule has 4 nitrogen and oxygen atoms in total. The third-order valence-corrected chi connectivity index (χ3v) is 4.46. The number of halogens is 1. The molecule has 6 heteroatoms. The smallest absolute Gasteiger partial charge is 0.0576 e. The molecule has 0 saturated carbocycles. The normalized spacial score (nSPS) is 19.6. The molecule has 2 aromatic rings. The van der Waals surface area contributed by atoms with E-state index in [4.69, 9.17) is 5.73 Å². The van der Waals surface area contributed by atoms with Crippen molar-refractivity contribution in [3.05, 3.63) is 29.4 Å². The molecule has 1 aliphatic rings. The summed E-state index contributed by atoms with van der Waals surface area (Å²) in [5.41, 5.74) is 7.13. The van der Waals surface area contributed by atoms with Gasteiger partial charge in [-0.25, -0.2) is 0 Å². The van der Waals surface area contributed by atoms with Crippen LogP contribution in [-0.2, 0) is 13.6 Å². The van der Waals surface area contributed by atoms with Crippen molar-refractivity contribution >= 4 is 23.7 Å². The van der Waals surface area contributed by atoms with Gasteiger partial charge in [0, 0.05) is 54.2 Å². The molecular weight excluding hydrogens is 280 g/mol. The van der Waals surface area contributed by atoms with Gasteiger partial charge in [0.1, 0.15) is 0 Å². The van der Waals surface area contributed by atoms with Gasteiger partial charge in [0.25, 0.3) is 0 Å². The molecule has 0 aromatic carbocycles. The van der Waals surface area contributed by atoms with Crippen molar-refractivity contribution in [2.45, 2.75) is 19.0 Å². The van der Waals surface area contributed by atoms with Gasteiger partial charge >= 0.3 is 0 Å². The Balaban J connectivity index is 0.00000133. The fourth-order valence-electron chi connectivity index (χ4n) is 2.39. The van der Waals surface area contributed by atoms with Crippen molar-refractivity contribution in [1.29, 1.82) is 0 Å². The van der Waals surface area contributed by atoms with Gasteiger partial charge in [0.15, 0.2) is 0 Å². The summed E-state index contributed by atoms with van der Waals surface area (Å²) in [5.74, 6) is 0. The topological polar surface area (TPSA) is 47.1 Å². The first-order valence-electron chi connectivity index (χ1n) is 6.26. The molecule has 0 amide bonds. The Morgan fingerprint density at radius 2 is 2.32 bits per heavy atom. The van der Waals surface area contributed by atoms with Crippen LogP contribution in [0.25, 0.3) is 10.4 Å². The van der Waals surface area contributed by atoms with E-state index in [1.54, 1.807) is 0 Å². The van der Waals surface area contributed by atoms with Gasteiger partial charge < -0.3 is 5.73 Å². The van der Waals surface area contributed by atoms with Crippen molar-refractivity contribution in [3.63, 3.8) is 0 Å². The number of likely N-dealkylation sites (tertiary alicyclic amines) is 1. The molecule has 104 valence electrons. The van der Waals surface area contributed by atoms with Crippen molar-refractivity contribution in [2.24, 2.45) is 12.8 Å². The van der Waals surface area contributed by atoms with E-state index in [1.807, 2.05) is 29.3 Å². The van der Waals surface area contributed by atoms with E-state index in [2.05, 4.69) is 28.3 Å². The molecule has 0 aliphatic carbocycles. The quantitative estimate of drug-likeness (QED) is 0.944. The van der Waals surface area contributed by atoms with E-state index in [9.17, 15) is 0 Å².